The predicted molar refractivity (Wildman–Crippen MR) is 313 cm³/mol. The van der Waals surface area contributed by atoms with Gasteiger partial charge in [0.25, 0.3) is 0 Å². The molecule has 0 saturated heterocycles. The van der Waals surface area contributed by atoms with Crippen LogP contribution in [-0.4, -0.2) is 4.57 Å². The Morgan fingerprint density at radius 2 is 0.684 bits per heavy atom. The third-order valence-electron chi connectivity index (χ3n) is 17.6. The number of benzene rings is 12. The zero-order valence-corrected chi connectivity index (χ0v) is 41.5. The van der Waals surface area contributed by atoms with Crippen LogP contribution in [-0.2, 0) is 10.8 Å². The van der Waals surface area contributed by atoms with E-state index in [2.05, 4.69) is 289 Å². The van der Waals surface area contributed by atoms with Crippen molar-refractivity contribution in [1.29, 1.82) is 0 Å². The van der Waals surface area contributed by atoms with Gasteiger partial charge in [0, 0.05) is 27.7 Å². The molecule has 2 heterocycles. The summed E-state index contributed by atoms with van der Waals surface area (Å²) in [6.45, 7) is 0. The minimum absolute atomic E-state index is 0.512. The molecular weight excluding hydrogens is 917 g/mol. The molecule has 76 heavy (non-hydrogen) atoms. The number of fused-ring (bicyclic) bond motifs is 22. The largest absolute Gasteiger partial charge is 0.310 e. The summed E-state index contributed by atoms with van der Waals surface area (Å²) in [5.74, 6) is 0. The molecule has 12 aromatic carbocycles. The summed E-state index contributed by atoms with van der Waals surface area (Å²) in [6, 6.07) is 105. The third kappa shape index (κ3) is 5.20. The molecule has 0 bridgehead atoms. The second kappa shape index (κ2) is 15.4. The van der Waals surface area contributed by atoms with Gasteiger partial charge in [-0.05, 0) is 137 Å². The van der Waals surface area contributed by atoms with Gasteiger partial charge in [-0.3, -0.25) is 0 Å². The normalized spacial score (nSPS) is 14.0. The van der Waals surface area contributed by atoms with E-state index in [0.717, 1.165) is 22.6 Å². The number of hydrogen-bond donors (Lipinski definition) is 0. The molecule has 0 atom stereocenters. The molecule has 0 fully saturated rings. The molecule has 4 aliphatic rings. The van der Waals surface area contributed by atoms with Crippen LogP contribution in [0.1, 0.15) is 44.5 Å². The second-order valence-electron chi connectivity index (χ2n) is 21.0. The highest BCUT2D eigenvalue weighted by atomic mass is 15.1. The first kappa shape index (κ1) is 41.7. The van der Waals surface area contributed by atoms with E-state index < -0.39 is 10.8 Å². The standard InChI is InChI=1S/C74H46N2/c1-2-21-47(22-3-1)50-23-4-5-24-51(50)58-30-11-18-39-69(58)75(48-41-43-57-56-29-10-15-35-63(56)73(67(57)45-48)61-33-13-6-25-52(61)53-26-7-14-34-62(53)73)49-42-44-71-68(46-49)74(64-36-16-8-27-54(64)55-28-9-17-37-65(55)74)66-38-20-32-60-59-31-12-19-40-70(59)76(71)72(60)66/h1-46H. The molecule has 1 aliphatic heterocycles. The lowest BCUT2D eigenvalue weighted by atomic mass is 9.65. The van der Waals surface area contributed by atoms with Crippen molar-refractivity contribution in [2.45, 2.75) is 10.8 Å². The molecule has 0 amide bonds. The minimum Gasteiger partial charge on any atom is -0.310 e. The van der Waals surface area contributed by atoms with E-state index in [0.29, 0.717) is 0 Å². The summed E-state index contributed by atoms with van der Waals surface area (Å²) >= 11 is 0. The van der Waals surface area contributed by atoms with Crippen LogP contribution in [0.5, 0.6) is 0 Å². The van der Waals surface area contributed by atoms with Crippen molar-refractivity contribution in [3.8, 4) is 61.3 Å². The number of aromatic nitrogens is 1. The van der Waals surface area contributed by atoms with Gasteiger partial charge in [0.15, 0.2) is 0 Å². The highest BCUT2D eigenvalue weighted by Gasteiger charge is 2.53. The summed E-state index contributed by atoms with van der Waals surface area (Å²) < 4.78 is 2.56. The quantitative estimate of drug-likeness (QED) is 0.167. The smallest absolute Gasteiger partial charge is 0.0755 e. The number of rotatable bonds is 5. The van der Waals surface area contributed by atoms with Crippen LogP contribution in [0.3, 0.4) is 0 Å². The zero-order valence-electron chi connectivity index (χ0n) is 41.5. The maximum Gasteiger partial charge on any atom is 0.0755 e. The summed E-state index contributed by atoms with van der Waals surface area (Å²) in [7, 11) is 0. The molecule has 2 heteroatoms. The molecule has 0 radical (unpaired) electrons. The molecular formula is C74H46N2. The van der Waals surface area contributed by atoms with Crippen LogP contribution >= 0.6 is 0 Å². The van der Waals surface area contributed by atoms with Crippen molar-refractivity contribution in [2.75, 3.05) is 4.90 Å². The predicted octanol–water partition coefficient (Wildman–Crippen LogP) is 18.6. The molecule has 1 aromatic heterocycles. The van der Waals surface area contributed by atoms with Crippen LogP contribution in [0.15, 0.2) is 279 Å². The molecule has 352 valence electrons. The van der Waals surface area contributed by atoms with Crippen LogP contribution in [0.4, 0.5) is 17.1 Å². The SMILES string of the molecule is c1ccc(-c2ccccc2-c2ccccc2N(c2ccc3c(c2)C2(c4ccccc4-c4ccccc42)c2ccccc2-3)c2ccc3c(c2)C2(c4ccccc4-c4ccccc42)c2cccc4c5ccccc5n-3c24)cc1. The van der Waals surface area contributed by atoms with Crippen molar-refractivity contribution in [1.82, 2.24) is 4.57 Å². The van der Waals surface area contributed by atoms with Crippen molar-refractivity contribution in [3.63, 3.8) is 0 Å². The Morgan fingerprint density at radius 3 is 1.29 bits per heavy atom. The molecule has 2 spiro atoms. The monoisotopic (exact) mass is 962 g/mol. The van der Waals surface area contributed by atoms with Gasteiger partial charge in [-0.25, -0.2) is 0 Å². The number of anilines is 3. The van der Waals surface area contributed by atoms with E-state index in [9.17, 15) is 0 Å². The molecule has 13 aromatic rings. The fourth-order valence-electron chi connectivity index (χ4n) is 14.8. The number of hydrogen-bond acceptors (Lipinski definition) is 1. The Morgan fingerprint density at radius 1 is 0.263 bits per heavy atom. The lowest BCUT2D eigenvalue weighted by molar-refractivity contribution is 0.748. The zero-order chi connectivity index (χ0) is 49.7. The summed E-state index contributed by atoms with van der Waals surface area (Å²) in [5, 5.41) is 2.54. The van der Waals surface area contributed by atoms with E-state index in [1.54, 1.807) is 0 Å². The van der Waals surface area contributed by atoms with Gasteiger partial charge in [0.2, 0.25) is 0 Å². The third-order valence-corrected chi connectivity index (χ3v) is 17.6. The molecule has 17 rings (SSSR count). The van der Waals surface area contributed by atoms with Gasteiger partial charge in [-0.1, -0.05) is 237 Å². The summed E-state index contributed by atoms with van der Waals surface area (Å²) in [5.41, 5.74) is 28.8. The summed E-state index contributed by atoms with van der Waals surface area (Å²) in [6.07, 6.45) is 0. The molecule has 3 aliphatic carbocycles. The first-order valence-electron chi connectivity index (χ1n) is 26.6. The molecule has 0 N–H and O–H groups in total. The maximum absolute atomic E-state index is 2.57. The maximum atomic E-state index is 2.57. The van der Waals surface area contributed by atoms with Gasteiger partial charge in [0.05, 0.1) is 33.2 Å². The highest BCUT2D eigenvalue weighted by Crippen LogP contribution is 2.65. The van der Waals surface area contributed by atoms with Crippen molar-refractivity contribution in [2.24, 2.45) is 0 Å². The molecule has 0 unspecified atom stereocenters. The van der Waals surface area contributed by atoms with Crippen molar-refractivity contribution < 1.29 is 0 Å². The molecule has 0 saturated carbocycles. The van der Waals surface area contributed by atoms with E-state index in [1.165, 1.54) is 122 Å². The number of nitrogens with zero attached hydrogens (tertiary/aromatic N) is 2. The number of para-hydroxylation sites is 3. The Kier molecular flexibility index (Phi) is 8.44. The Bertz CT molecular complexity index is 4500. The van der Waals surface area contributed by atoms with Crippen LogP contribution < -0.4 is 4.90 Å². The van der Waals surface area contributed by atoms with Gasteiger partial charge < -0.3 is 9.47 Å². The van der Waals surface area contributed by atoms with Gasteiger partial charge in [0.1, 0.15) is 0 Å². The van der Waals surface area contributed by atoms with Crippen LogP contribution in [0.2, 0.25) is 0 Å². The van der Waals surface area contributed by atoms with E-state index >= 15 is 0 Å². The van der Waals surface area contributed by atoms with Gasteiger partial charge >= 0.3 is 0 Å². The lowest BCUT2D eigenvalue weighted by Gasteiger charge is -2.40. The van der Waals surface area contributed by atoms with Crippen LogP contribution in [0.25, 0.3) is 83.1 Å². The average molecular weight is 963 g/mol. The Hall–Kier alpha value is -9.76. The van der Waals surface area contributed by atoms with E-state index in [4.69, 9.17) is 0 Å². The Labute approximate surface area is 441 Å². The average Bonchev–Trinajstić information content (AvgIpc) is 4.37. The van der Waals surface area contributed by atoms with E-state index in [-0.39, 0.29) is 0 Å². The van der Waals surface area contributed by atoms with Crippen LogP contribution in [0, 0.1) is 0 Å². The topological polar surface area (TPSA) is 8.17 Å². The van der Waals surface area contributed by atoms with Gasteiger partial charge in [-0.2, -0.15) is 0 Å². The second-order valence-corrected chi connectivity index (χ2v) is 21.0. The fraction of sp³-hybridized carbons (Fsp3) is 0.0270. The summed E-state index contributed by atoms with van der Waals surface area (Å²) in [4.78, 5) is 2.57. The first-order chi connectivity index (χ1) is 37.7. The lowest BCUT2D eigenvalue weighted by Crippen LogP contribution is -2.33. The van der Waals surface area contributed by atoms with Crippen molar-refractivity contribution >= 4 is 38.9 Å². The Balaban J connectivity index is 0.992. The highest BCUT2D eigenvalue weighted by molar-refractivity contribution is 6.13. The minimum atomic E-state index is -0.617. The van der Waals surface area contributed by atoms with E-state index in [1.807, 2.05) is 0 Å². The van der Waals surface area contributed by atoms with Crippen molar-refractivity contribution in [3.05, 3.63) is 324 Å². The fourth-order valence-corrected chi connectivity index (χ4v) is 14.8. The molecule has 2 nitrogen and oxygen atoms in total. The van der Waals surface area contributed by atoms with Gasteiger partial charge in [-0.15, -0.1) is 0 Å². The first-order valence-corrected chi connectivity index (χ1v) is 26.6.